The maximum atomic E-state index is 6.12. The van der Waals surface area contributed by atoms with Crippen LogP contribution in [0.3, 0.4) is 0 Å². The first-order valence-corrected chi connectivity index (χ1v) is 8.20. The van der Waals surface area contributed by atoms with Crippen molar-refractivity contribution in [2.45, 2.75) is 6.61 Å². The van der Waals surface area contributed by atoms with Crippen molar-refractivity contribution in [3.63, 3.8) is 0 Å². The van der Waals surface area contributed by atoms with Gasteiger partial charge in [0.15, 0.2) is 5.82 Å². The molecule has 0 aliphatic heterocycles. The topological polar surface area (TPSA) is 86.1 Å². The standard InChI is InChI=1S/C20H18N4O2/c1-25-15-7-9-16(10-8-15)26-12-14-11-17-18(21)23-19(24-20(17)22-14)13-5-3-2-4-6-13/h2-11H,12H2,1H3,(H3,21,22,23,24). The van der Waals surface area contributed by atoms with Gasteiger partial charge >= 0.3 is 0 Å². The third-order valence-electron chi connectivity index (χ3n) is 4.06. The Bertz CT molecular complexity index is 1030. The van der Waals surface area contributed by atoms with Gasteiger partial charge in [-0.1, -0.05) is 30.3 Å². The number of fused-ring (bicyclic) bond motifs is 1. The van der Waals surface area contributed by atoms with Crippen LogP contribution in [-0.4, -0.2) is 22.1 Å². The van der Waals surface area contributed by atoms with Crippen LogP contribution in [0.25, 0.3) is 22.4 Å². The minimum absolute atomic E-state index is 0.378. The number of rotatable bonds is 5. The highest BCUT2D eigenvalue weighted by Crippen LogP contribution is 2.24. The maximum absolute atomic E-state index is 6.12. The van der Waals surface area contributed by atoms with Gasteiger partial charge in [0.25, 0.3) is 0 Å². The molecule has 0 saturated carbocycles. The van der Waals surface area contributed by atoms with E-state index in [1.165, 1.54) is 0 Å². The van der Waals surface area contributed by atoms with Gasteiger partial charge in [0.2, 0.25) is 0 Å². The number of anilines is 1. The fourth-order valence-corrected chi connectivity index (χ4v) is 2.71. The van der Waals surface area contributed by atoms with Crippen molar-refractivity contribution in [3.8, 4) is 22.9 Å². The van der Waals surface area contributed by atoms with Crippen LogP contribution in [0, 0.1) is 0 Å². The summed E-state index contributed by atoms with van der Waals surface area (Å²) in [7, 11) is 1.63. The normalized spacial score (nSPS) is 10.8. The molecule has 130 valence electrons. The number of nitrogens with two attached hydrogens (primary N) is 1. The molecule has 2 aromatic heterocycles. The molecular weight excluding hydrogens is 328 g/mol. The van der Waals surface area contributed by atoms with Crippen molar-refractivity contribution in [2.75, 3.05) is 12.8 Å². The van der Waals surface area contributed by atoms with Crippen molar-refractivity contribution in [1.82, 2.24) is 15.0 Å². The van der Waals surface area contributed by atoms with Gasteiger partial charge in [-0.25, -0.2) is 9.97 Å². The lowest BCUT2D eigenvalue weighted by Gasteiger charge is -2.05. The summed E-state index contributed by atoms with van der Waals surface area (Å²) in [6, 6.07) is 19.1. The van der Waals surface area contributed by atoms with E-state index in [1.54, 1.807) is 7.11 Å². The van der Waals surface area contributed by atoms with Crippen LogP contribution in [0.2, 0.25) is 0 Å². The second kappa shape index (κ2) is 6.76. The number of hydrogen-bond acceptors (Lipinski definition) is 5. The van der Waals surface area contributed by atoms with E-state index in [2.05, 4.69) is 15.0 Å². The Hall–Kier alpha value is -3.54. The van der Waals surface area contributed by atoms with Gasteiger partial charge < -0.3 is 20.2 Å². The first-order chi connectivity index (χ1) is 12.7. The van der Waals surface area contributed by atoms with Gasteiger partial charge in [-0.05, 0) is 30.3 Å². The predicted molar refractivity (Wildman–Crippen MR) is 101 cm³/mol. The summed E-state index contributed by atoms with van der Waals surface area (Å²) in [4.78, 5) is 12.3. The molecule has 2 heterocycles. The number of aromatic amines is 1. The Morgan fingerprint density at radius 3 is 2.42 bits per heavy atom. The molecule has 26 heavy (non-hydrogen) atoms. The molecule has 4 rings (SSSR count). The molecule has 6 heteroatoms. The second-order valence-corrected chi connectivity index (χ2v) is 5.82. The van der Waals surface area contributed by atoms with Crippen LogP contribution < -0.4 is 15.2 Å². The lowest BCUT2D eigenvalue weighted by Crippen LogP contribution is -1.96. The number of nitrogen functional groups attached to an aromatic ring is 1. The molecule has 0 spiro atoms. The van der Waals surface area contributed by atoms with Crippen LogP contribution in [0.4, 0.5) is 5.82 Å². The average molecular weight is 346 g/mol. The number of aromatic nitrogens is 3. The van der Waals surface area contributed by atoms with E-state index in [9.17, 15) is 0 Å². The summed E-state index contributed by atoms with van der Waals surface area (Å²) >= 11 is 0. The fraction of sp³-hybridized carbons (Fsp3) is 0.100. The van der Waals surface area contributed by atoms with E-state index in [0.717, 1.165) is 28.1 Å². The smallest absolute Gasteiger partial charge is 0.163 e. The van der Waals surface area contributed by atoms with E-state index >= 15 is 0 Å². The van der Waals surface area contributed by atoms with E-state index in [4.69, 9.17) is 15.2 Å². The minimum Gasteiger partial charge on any atom is -0.497 e. The summed E-state index contributed by atoms with van der Waals surface area (Å²) in [5, 5.41) is 0.790. The third-order valence-corrected chi connectivity index (χ3v) is 4.06. The number of ether oxygens (including phenoxy) is 2. The zero-order valence-corrected chi connectivity index (χ0v) is 14.3. The summed E-state index contributed by atoms with van der Waals surface area (Å²) in [5.41, 5.74) is 8.62. The summed E-state index contributed by atoms with van der Waals surface area (Å²) in [5.74, 6) is 2.59. The van der Waals surface area contributed by atoms with Crippen LogP contribution >= 0.6 is 0 Å². The lowest BCUT2D eigenvalue weighted by atomic mass is 10.2. The highest BCUT2D eigenvalue weighted by molar-refractivity contribution is 5.88. The Labute approximate surface area is 150 Å². The molecular formula is C20H18N4O2. The molecule has 0 aliphatic carbocycles. The second-order valence-electron chi connectivity index (χ2n) is 5.82. The Balaban J connectivity index is 1.57. The third kappa shape index (κ3) is 3.17. The minimum atomic E-state index is 0.378. The monoisotopic (exact) mass is 346 g/mol. The molecule has 0 radical (unpaired) electrons. The van der Waals surface area contributed by atoms with Gasteiger partial charge in [-0.15, -0.1) is 0 Å². The molecule has 0 atom stereocenters. The van der Waals surface area contributed by atoms with E-state index in [1.807, 2.05) is 60.7 Å². The molecule has 0 amide bonds. The molecule has 0 aliphatic rings. The molecule has 2 aromatic carbocycles. The highest BCUT2D eigenvalue weighted by atomic mass is 16.5. The van der Waals surface area contributed by atoms with E-state index in [-0.39, 0.29) is 0 Å². The summed E-state index contributed by atoms with van der Waals surface area (Å²) < 4.78 is 10.9. The number of hydrogen-bond donors (Lipinski definition) is 2. The van der Waals surface area contributed by atoms with Crippen LogP contribution in [0.1, 0.15) is 5.69 Å². The zero-order chi connectivity index (χ0) is 17.9. The molecule has 6 nitrogen and oxygen atoms in total. The number of H-pyrrole nitrogens is 1. The van der Waals surface area contributed by atoms with Gasteiger partial charge in [0, 0.05) is 5.56 Å². The SMILES string of the molecule is COc1ccc(OCc2cc3c(N)nc(-c4ccccc4)nc3[nH]2)cc1. The van der Waals surface area contributed by atoms with Crippen molar-refractivity contribution in [3.05, 3.63) is 66.4 Å². The van der Waals surface area contributed by atoms with E-state index < -0.39 is 0 Å². The molecule has 0 fully saturated rings. The number of nitrogens with one attached hydrogen (secondary N) is 1. The van der Waals surface area contributed by atoms with Crippen molar-refractivity contribution in [1.29, 1.82) is 0 Å². The first-order valence-electron chi connectivity index (χ1n) is 8.20. The van der Waals surface area contributed by atoms with Gasteiger partial charge in [0.05, 0.1) is 18.2 Å². The van der Waals surface area contributed by atoms with Crippen molar-refractivity contribution >= 4 is 16.9 Å². The molecule has 0 saturated heterocycles. The fourth-order valence-electron chi connectivity index (χ4n) is 2.71. The average Bonchev–Trinajstić information content (AvgIpc) is 3.11. The largest absolute Gasteiger partial charge is 0.497 e. The van der Waals surface area contributed by atoms with Gasteiger partial charge in [-0.2, -0.15) is 0 Å². The predicted octanol–water partition coefficient (Wildman–Crippen LogP) is 3.79. The summed E-state index contributed by atoms with van der Waals surface area (Å²) in [6.45, 7) is 0.378. The number of benzene rings is 2. The van der Waals surface area contributed by atoms with Gasteiger partial charge in [-0.3, -0.25) is 0 Å². The van der Waals surface area contributed by atoms with Crippen molar-refractivity contribution in [2.24, 2.45) is 0 Å². The van der Waals surface area contributed by atoms with Gasteiger partial charge in [0.1, 0.15) is 29.6 Å². The highest BCUT2D eigenvalue weighted by Gasteiger charge is 2.11. The number of methoxy groups -OCH3 is 1. The van der Waals surface area contributed by atoms with Crippen molar-refractivity contribution < 1.29 is 9.47 Å². The maximum Gasteiger partial charge on any atom is 0.163 e. The molecule has 0 bridgehead atoms. The first kappa shape index (κ1) is 16.0. The summed E-state index contributed by atoms with van der Waals surface area (Å²) in [6.07, 6.45) is 0. The molecule has 3 N–H and O–H groups in total. The van der Waals surface area contributed by atoms with Crippen LogP contribution in [0.15, 0.2) is 60.7 Å². The van der Waals surface area contributed by atoms with Crippen LogP contribution in [-0.2, 0) is 6.61 Å². The Morgan fingerprint density at radius 1 is 0.962 bits per heavy atom. The Kier molecular flexibility index (Phi) is 4.15. The quantitative estimate of drug-likeness (QED) is 0.574. The lowest BCUT2D eigenvalue weighted by molar-refractivity contribution is 0.301. The van der Waals surface area contributed by atoms with E-state index in [0.29, 0.717) is 23.9 Å². The molecule has 4 aromatic rings. The van der Waals surface area contributed by atoms with Crippen LogP contribution in [0.5, 0.6) is 11.5 Å². The molecule has 0 unspecified atom stereocenters. The number of nitrogens with zero attached hydrogens (tertiary/aromatic N) is 2. The Morgan fingerprint density at radius 2 is 1.69 bits per heavy atom. The zero-order valence-electron chi connectivity index (χ0n) is 14.3.